The number of aromatic nitrogens is 2. The number of ether oxygens (including phenoxy) is 2. The van der Waals surface area contributed by atoms with Gasteiger partial charge in [-0.05, 0) is 35.9 Å². The van der Waals surface area contributed by atoms with Crippen LogP contribution in [0, 0.1) is 0 Å². The third-order valence-corrected chi connectivity index (χ3v) is 3.16. The van der Waals surface area contributed by atoms with E-state index in [1.807, 2.05) is 36.5 Å². The summed E-state index contributed by atoms with van der Waals surface area (Å²) in [5.41, 5.74) is 2.93. The molecule has 3 aromatic rings. The lowest BCUT2D eigenvalue weighted by Crippen LogP contribution is -1.91. The first kappa shape index (κ1) is 11.6. The van der Waals surface area contributed by atoms with Gasteiger partial charge in [-0.3, -0.25) is 0 Å². The van der Waals surface area contributed by atoms with E-state index < -0.39 is 0 Å². The molecule has 0 saturated heterocycles. The van der Waals surface area contributed by atoms with Crippen LogP contribution in [0.15, 0.2) is 42.7 Å². The quantitative estimate of drug-likeness (QED) is 0.780. The third-order valence-electron chi connectivity index (χ3n) is 3.16. The summed E-state index contributed by atoms with van der Waals surface area (Å²) in [5.74, 6) is 1.62. The number of benzene rings is 1. The molecule has 0 aliphatic carbocycles. The molecule has 0 unspecified atom stereocenters. The van der Waals surface area contributed by atoms with Gasteiger partial charge in [0.25, 0.3) is 0 Å². The summed E-state index contributed by atoms with van der Waals surface area (Å²) in [7, 11) is 3.32. The zero-order valence-electron chi connectivity index (χ0n) is 10.8. The van der Waals surface area contributed by atoms with Gasteiger partial charge in [0.05, 0.1) is 14.2 Å². The highest BCUT2D eigenvalue weighted by Crippen LogP contribution is 2.36. The Morgan fingerprint density at radius 2 is 1.89 bits per heavy atom. The largest absolute Gasteiger partial charge is 0.497 e. The van der Waals surface area contributed by atoms with Crippen molar-refractivity contribution in [3.05, 3.63) is 42.7 Å². The summed E-state index contributed by atoms with van der Waals surface area (Å²) >= 11 is 0. The number of hydrogen-bond acceptors (Lipinski definition) is 3. The zero-order valence-corrected chi connectivity index (χ0v) is 10.8. The van der Waals surface area contributed by atoms with Crippen molar-refractivity contribution in [1.82, 2.24) is 9.97 Å². The Hall–Kier alpha value is -2.49. The Morgan fingerprint density at radius 3 is 2.68 bits per heavy atom. The van der Waals surface area contributed by atoms with Gasteiger partial charge in [-0.25, -0.2) is 4.98 Å². The molecule has 0 amide bonds. The van der Waals surface area contributed by atoms with Crippen LogP contribution in [0.25, 0.3) is 22.2 Å². The van der Waals surface area contributed by atoms with Gasteiger partial charge in [0.2, 0.25) is 0 Å². The number of fused-ring (bicyclic) bond motifs is 1. The molecule has 0 bridgehead atoms. The number of aromatic amines is 1. The van der Waals surface area contributed by atoms with Crippen LogP contribution in [0.1, 0.15) is 0 Å². The number of H-pyrrole nitrogens is 1. The first-order valence-corrected chi connectivity index (χ1v) is 5.98. The molecule has 0 spiro atoms. The molecular weight excluding hydrogens is 240 g/mol. The van der Waals surface area contributed by atoms with Crippen LogP contribution < -0.4 is 9.47 Å². The van der Waals surface area contributed by atoms with Gasteiger partial charge in [0, 0.05) is 23.3 Å². The van der Waals surface area contributed by atoms with Crippen molar-refractivity contribution in [2.45, 2.75) is 0 Å². The third kappa shape index (κ3) is 1.91. The number of pyridine rings is 1. The molecule has 0 aliphatic heterocycles. The van der Waals surface area contributed by atoms with E-state index in [1.165, 1.54) is 0 Å². The van der Waals surface area contributed by atoms with E-state index in [0.717, 1.165) is 33.7 Å². The molecule has 0 radical (unpaired) electrons. The van der Waals surface area contributed by atoms with E-state index in [1.54, 1.807) is 20.4 Å². The topological polar surface area (TPSA) is 47.1 Å². The predicted octanol–water partition coefficient (Wildman–Crippen LogP) is 3.25. The summed E-state index contributed by atoms with van der Waals surface area (Å²) < 4.78 is 10.7. The van der Waals surface area contributed by atoms with Gasteiger partial charge >= 0.3 is 0 Å². The normalized spacial score (nSPS) is 10.6. The highest BCUT2D eigenvalue weighted by Gasteiger charge is 2.11. The minimum Gasteiger partial charge on any atom is -0.497 e. The molecule has 4 heteroatoms. The van der Waals surface area contributed by atoms with Gasteiger partial charge in [0.15, 0.2) is 0 Å². The second-order valence-electron chi connectivity index (χ2n) is 4.16. The fraction of sp³-hybridized carbons (Fsp3) is 0.133. The van der Waals surface area contributed by atoms with Crippen molar-refractivity contribution in [1.29, 1.82) is 0 Å². The fourth-order valence-corrected chi connectivity index (χ4v) is 2.22. The van der Waals surface area contributed by atoms with Crippen LogP contribution in [0.3, 0.4) is 0 Å². The molecule has 2 heterocycles. The average molecular weight is 254 g/mol. The Bertz CT molecular complexity index is 719. The lowest BCUT2D eigenvalue weighted by molar-refractivity contribution is 0.404. The summed E-state index contributed by atoms with van der Waals surface area (Å²) in [4.78, 5) is 7.41. The molecule has 4 nitrogen and oxygen atoms in total. The van der Waals surface area contributed by atoms with E-state index in [2.05, 4.69) is 9.97 Å². The van der Waals surface area contributed by atoms with Gasteiger partial charge in [-0.2, -0.15) is 0 Å². The first-order chi connectivity index (χ1) is 9.33. The minimum absolute atomic E-state index is 0.802. The monoisotopic (exact) mass is 254 g/mol. The molecule has 2 aromatic heterocycles. The van der Waals surface area contributed by atoms with Crippen molar-refractivity contribution in [3.8, 4) is 22.6 Å². The molecule has 19 heavy (non-hydrogen) atoms. The average Bonchev–Trinajstić information content (AvgIpc) is 2.94. The standard InChI is InChI=1S/C15H14N2O2/c1-18-10-3-4-14(19-2)13(9-10)11-5-7-16-15-12(11)6-8-17-15/h3-9H,1-2H3,(H,16,17). The molecule has 96 valence electrons. The second-order valence-corrected chi connectivity index (χ2v) is 4.16. The molecule has 0 fully saturated rings. The predicted molar refractivity (Wildman–Crippen MR) is 74.6 cm³/mol. The summed E-state index contributed by atoms with van der Waals surface area (Å²) in [6.45, 7) is 0. The van der Waals surface area contributed by atoms with Gasteiger partial charge in [0.1, 0.15) is 17.1 Å². The van der Waals surface area contributed by atoms with E-state index in [-0.39, 0.29) is 0 Å². The van der Waals surface area contributed by atoms with Crippen LogP contribution in [0.4, 0.5) is 0 Å². The summed E-state index contributed by atoms with van der Waals surface area (Å²) in [5, 5.41) is 1.06. The smallest absolute Gasteiger partial charge is 0.137 e. The van der Waals surface area contributed by atoms with Crippen LogP contribution in [-0.2, 0) is 0 Å². The van der Waals surface area contributed by atoms with Crippen LogP contribution in [0.2, 0.25) is 0 Å². The number of hydrogen-bond donors (Lipinski definition) is 1. The number of nitrogens with one attached hydrogen (secondary N) is 1. The Kier molecular flexibility index (Phi) is 2.83. The van der Waals surface area contributed by atoms with E-state index in [4.69, 9.17) is 9.47 Å². The number of nitrogens with zero attached hydrogens (tertiary/aromatic N) is 1. The lowest BCUT2D eigenvalue weighted by Gasteiger charge is -2.11. The van der Waals surface area contributed by atoms with Crippen molar-refractivity contribution in [3.63, 3.8) is 0 Å². The summed E-state index contributed by atoms with van der Waals surface area (Å²) in [6.07, 6.45) is 3.67. The number of methoxy groups -OCH3 is 2. The maximum atomic E-state index is 5.44. The van der Waals surface area contributed by atoms with E-state index in [0.29, 0.717) is 0 Å². The maximum absolute atomic E-state index is 5.44. The first-order valence-electron chi connectivity index (χ1n) is 5.98. The molecule has 3 rings (SSSR count). The maximum Gasteiger partial charge on any atom is 0.137 e. The molecule has 1 aromatic carbocycles. The van der Waals surface area contributed by atoms with Crippen LogP contribution >= 0.6 is 0 Å². The van der Waals surface area contributed by atoms with Gasteiger partial charge in [-0.15, -0.1) is 0 Å². The lowest BCUT2D eigenvalue weighted by atomic mass is 10.0. The summed E-state index contributed by atoms with van der Waals surface area (Å²) in [6, 6.07) is 9.76. The fourth-order valence-electron chi connectivity index (χ4n) is 2.22. The van der Waals surface area contributed by atoms with Crippen molar-refractivity contribution >= 4 is 11.0 Å². The van der Waals surface area contributed by atoms with Gasteiger partial charge in [-0.1, -0.05) is 0 Å². The van der Waals surface area contributed by atoms with Gasteiger partial charge < -0.3 is 14.5 Å². The second kappa shape index (κ2) is 4.65. The van der Waals surface area contributed by atoms with E-state index in [9.17, 15) is 0 Å². The Labute approximate surface area is 111 Å². The SMILES string of the molecule is COc1ccc(OC)c(-c2ccnc3[nH]ccc23)c1. The Balaban J connectivity index is 2.28. The molecule has 0 atom stereocenters. The van der Waals surface area contributed by atoms with Crippen molar-refractivity contribution < 1.29 is 9.47 Å². The molecular formula is C15H14N2O2. The molecule has 0 aliphatic rings. The van der Waals surface area contributed by atoms with Crippen molar-refractivity contribution in [2.24, 2.45) is 0 Å². The highest BCUT2D eigenvalue weighted by molar-refractivity contribution is 5.94. The highest BCUT2D eigenvalue weighted by atomic mass is 16.5. The minimum atomic E-state index is 0.802. The Morgan fingerprint density at radius 1 is 1.00 bits per heavy atom. The van der Waals surface area contributed by atoms with Crippen LogP contribution in [-0.4, -0.2) is 24.2 Å². The number of rotatable bonds is 3. The molecule has 0 saturated carbocycles. The molecule has 1 N–H and O–H groups in total. The van der Waals surface area contributed by atoms with E-state index >= 15 is 0 Å². The van der Waals surface area contributed by atoms with Crippen molar-refractivity contribution in [2.75, 3.05) is 14.2 Å². The van der Waals surface area contributed by atoms with Crippen LogP contribution in [0.5, 0.6) is 11.5 Å². The zero-order chi connectivity index (χ0) is 13.2.